The normalized spacial score (nSPS) is 10.5. The average molecular weight is 498 g/mol. The first kappa shape index (κ1) is 23.5. The summed E-state index contributed by atoms with van der Waals surface area (Å²) in [6, 6.07) is 14.9. The maximum Gasteiger partial charge on any atom is 0.243 e. The molecule has 0 heterocycles. The van der Waals surface area contributed by atoms with Gasteiger partial charge in [0, 0.05) is 23.9 Å². The van der Waals surface area contributed by atoms with E-state index in [1.165, 1.54) is 0 Å². The van der Waals surface area contributed by atoms with Gasteiger partial charge in [-0.05, 0) is 31.2 Å². The zero-order chi connectivity index (χ0) is 19.5. The summed E-state index contributed by atoms with van der Waals surface area (Å²) < 4.78 is 10.6. The van der Waals surface area contributed by atoms with Crippen molar-refractivity contribution in [2.24, 2.45) is 4.99 Å². The Hall–Kier alpha value is -2.49. The zero-order valence-corrected chi connectivity index (χ0v) is 18.7. The maximum absolute atomic E-state index is 12.1. The van der Waals surface area contributed by atoms with Gasteiger partial charge < -0.3 is 25.4 Å². The third-order valence-electron chi connectivity index (χ3n) is 3.72. The molecular formula is C20H27IN4O3. The number of amides is 1. The molecule has 0 unspecified atom stereocenters. The first-order valence-corrected chi connectivity index (χ1v) is 8.74. The lowest BCUT2D eigenvalue weighted by Crippen LogP contribution is -2.41. The van der Waals surface area contributed by atoms with Crippen molar-refractivity contribution in [1.82, 2.24) is 10.6 Å². The molecule has 2 aromatic carbocycles. The lowest BCUT2D eigenvalue weighted by molar-refractivity contribution is -0.115. The summed E-state index contributed by atoms with van der Waals surface area (Å²) >= 11 is 0. The van der Waals surface area contributed by atoms with Gasteiger partial charge in [0.25, 0.3) is 0 Å². The zero-order valence-electron chi connectivity index (χ0n) is 16.3. The number of aliphatic imine (C=N–C) groups is 1. The highest BCUT2D eigenvalue weighted by molar-refractivity contribution is 14.0. The minimum absolute atomic E-state index is 0. The number of para-hydroxylation sites is 1. The Morgan fingerprint density at radius 1 is 1.04 bits per heavy atom. The highest BCUT2D eigenvalue weighted by atomic mass is 127. The van der Waals surface area contributed by atoms with E-state index in [-0.39, 0.29) is 36.4 Å². The van der Waals surface area contributed by atoms with Gasteiger partial charge >= 0.3 is 0 Å². The number of hydrogen-bond acceptors (Lipinski definition) is 4. The summed E-state index contributed by atoms with van der Waals surface area (Å²) in [6.45, 7) is 3.17. The number of guanidine groups is 1. The summed E-state index contributed by atoms with van der Waals surface area (Å²) in [6.07, 6.45) is 0. The Morgan fingerprint density at radius 3 is 2.43 bits per heavy atom. The van der Waals surface area contributed by atoms with Crippen LogP contribution in [0.3, 0.4) is 0 Å². The van der Waals surface area contributed by atoms with Crippen LogP contribution in [0.25, 0.3) is 0 Å². The molecule has 0 aliphatic carbocycles. The molecule has 0 aromatic heterocycles. The molecule has 1 amide bonds. The van der Waals surface area contributed by atoms with Crippen molar-refractivity contribution in [2.45, 2.75) is 13.5 Å². The molecule has 0 atom stereocenters. The predicted octanol–water partition coefficient (Wildman–Crippen LogP) is 3.02. The quantitative estimate of drug-likeness (QED) is 0.296. The van der Waals surface area contributed by atoms with Crippen LogP contribution < -0.4 is 25.4 Å². The number of nitrogens with zero attached hydrogens (tertiary/aromatic N) is 1. The summed E-state index contributed by atoms with van der Waals surface area (Å²) in [5, 5.41) is 8.98. The van der Waals surface area contributed by atoms with Gasteiger partial charge in [-0.15, -0.1) is 24.0 Å². The average Bonchev–Trinajstić information content (AvgIpc) is 2.70. The maximum atomic E-state index is 12.1. The van der Waals surface area contributed by atoms with E-state index in [1.807, 2.05) is 55.5 Å². The SMILES string of the molecule is CCNC(=NCc1ccc(OC)cc1OC)NCC(=O)Nc1ccccc1.I. The Kier molecular flexibility index (Phi) is 10.8. The van der Waals surface area contributed by atoms with Gasteiger partial charge in [-0.3, -0.25) is 4.79 Å². The van der Waals surface area contributed by atoms with Gasteiger partial charge in [-0.25, -0.2) is 4.99 Å². The topological polar surface area (TPSA) is 84.0 Å². The first-order valence-electron chi connectivity index (χ1n) is 8.74. The molecule has 152 valence electrons. The summed E-state index contributed by atoms with van der Waals surface area (Å²) in [5.74, 6) is 1.84. The minimum Gasteiger partial charge on any atom is -0.497 e. The summed E-state index contributed by atoms with van der Waals surface area (Å²) in [5.41, 5.74) is 1.68. The molecule has 3 N–H and O–H groups in total. The monoisotopic (exact) mass is 498 g/mol. The van der Waals surface area contributed by atoms with Crippen LogP contribution >= 0.6 is 24.0 Å². The number of hydrogen-bond donors (Lipinski definition) is 3. The van der Waals surface area contributed by atoms with Crippen LogP contribution in [0, 0.1) is 0 Å². The fraction of sp³-hybridized carbons (Fsp3) is 0.300. The predicted molar refractivity (Wildman–Crippen MR) is 123 cm³/mol. The highest BCUT2D eigenvalue weighted by Crippen LogP contribution is 2.25. The van der Waals surface area contributed by atoms with Crippen molar-refractivity contribution in [1.29, 1.82) is 0 Å². The fourth-order valence-corrected chi connectivity index (χ4v) is 2.38. The second kappa shape index (κ2) is 12.8. The third-order valence-corrected chi connectivity index (χ3v) is 3.72. The molecule has 2 aromatic rings. The van der Waals surface area contributed by atoms with Gasteiger partial charge in [0.15, 0.2) is 5.96 Å². The number of anilines is 1. The Labute approximate surface area is 182 Å². The molecule has 0 aliphatic rings. The fourth-order valence-electron chi connectivity index (χ4n) is 2.38. The first-order chi connectivity index (χ1) is 13.2. The molecular weight excluding hydrogens is 471 g/mol. The number of methoxy groups -OCH3 is 2. The van der Waals surface area contributed by atoms with Crippen LogP contribution in [0.5, 0.6) is 11.5 Å². The van der Waals surface area contributed by atoms with Gasteiger partial charge in [0.2, 0.25) is 5.91 Å². The van der Waals surface area contributed by atoms with E-state index in [0.29, 0.717) is 24.8 Å². The van der Waals surface area contributed by atoms with Crippen LogP contribution in [-0.4, -0.2) is 39.2 Å². The van der Waals surface area contributed by atoms with Crippen LogP contribution in [0.2, 0.25) is 0 Å². The highest BCUT2D eigenvalue weighted by Gasteiger charge is 2.07. The molecule has 0 spiro atoms. The van der Waals surface area contributed by atoms with E-state index in [1.54, 1.807) is 14.2 Å². The number of nitrogens with one attached hydrogen (secondary N) is 3. The van der Waals surface area contributed by atoms with Crippen LogP contribution in [0.15, 0.2) is 53.5 Å². The molecule has 0 aliphatic heterocycles. The molecule has 2 rings (SSSR count). The number of benzene rings is 2. The third kappa shape index (κ3) is 7.63. The molecule has 0 saturated carbocycles. The van der Waals surface area contributed by atoms with E-state index in [0.717, 1.165) is 17.0 Å². The molecule has 0 fully saturated rings. The Balaban J connectivity index is 0.00000392. The Bertz CT molecular complexity index is 769. The molecule has 0 saturated heterocycles. The molecule has 0 bridgehead atoms. The van der Waals surface area contributed by atoms with E-state index in [2.05, 4.69) is 20.9 Å². The van der Waals surface area contributed by atoms with E-state index in [4.69, 9.17) is 9.47 Å². The van der Waals surface area contributed by atoms with Crippen LogP contribution in [-0.2, 0) is 11.3 Å². The van der Waals surface area contributed by atoms with Crippen molar-refractivity contribution in [3.8, 4) is 11.5 Å². The largest absolute Gasteiger partial charge is 0.497 e. The number of carbonyl (C=O) groups excluding carboxylic acids is 1. The van der Waals surface area contributed by atoms with E-state index in [9.17, 15) is 4.79 Å². The number of halogens is 1. The number of rotatable bonds is 8. The van der Waals surface area contributed by atoms with E-state index < -0.39 is 0 Å². The van der Waals surface area contributed by atoms with Gasteiger partial charge in [-0.2, -0.15) is 0 Å². The second-order valence-corrected chi connectivity index (χ2v) is 5.64. The smallest absolute Gasteiger partial charge is 0.243 e. The van der Waals surface area contributed by atoms with Crippen molar-refractivity contribution >= 4 is 41.5 Å². The van der Waals surface area contributed by atoms with Crippen molar-refractivity contribution in [3.05, 3.63) is 54.1 Å². The van der Waals surface area contributed by atoms with Crippen molar-refractivity contribution in [3.63, 3.8) is 0 Å². The van der Waals surface area contributed by atoms with Crippen molar-refractivity contribution < 1.29 is 14.3 Å². The lowest BCUT2D eigenvalue weighted by atomic mass is 10.2. The number of ether oxygens (including phenoxy) is 2. The van der Waals surface area contributed by atoms with Crippen LogP contribution in [0.4, 0.5) is 5.69 Å². The second-order valence-electron chi connectivity index (χ2n) is 5.64. The van der Waals surface area contributed by atoms with E-state index >= 15 is 0 Å². The number of carbonyl (C=O) groups is 1. The van der Waals surface area contributed by atoms with Crippen molar-refractivity contribution in [2.75, 3.05) is 32.6 Å². The summed E-state index contributed by atoms with van der Waals surface area (Å²) in [7, 11) is 3.22. The van der Waals surface area contributed by atoms with Gasteiger partial charge in [-0.1, -0.05) is 18.2 Å². The van der Waals surface area contributed by atoms with Gasteiger partial charge in [0.05, 0.1) is 27.3 Å². The molecule has 7 nitrogen and oxygen atoms in total. The lowest BCUT2D eigenvalue weighted by Gasteiger charge is -2.13. The molecule has 8 heteroatoms. The Morgan fingerprint density at radius 2 is 1.79 bits per heavy atom. The molecule has 0 radical (unpaired) electrons. The molecule has 28 heavy (non-hydrogen) atoms. The standard InChI is InChI=1S/C20H26N4O3.HI/c1-4-21-20(23-14-19(25)24-16-8-6-5-7-9-16)22-13-15-10-11-17(26-2)12-18(15)27-3;/h5-12H,4,13-14H2,1-3H3,(H,24,25)(H2,21,22,23);1H. The van der Waals surface area contributed by atoms with Crippen LogP contribution in [0.1, 0.15) is 12.5 Å². The minimum atomic E-state index is -0.145. The van der Waals surface area contributed by atoms with Gasteiger partial charge in [0.1, 0.15) is 11.5 Å². The summed E-state index contributed by atoms with van der Waals surface area (Å²) in [4.78, 5) is 16.6.